The van der Waals surface area contributed by atoms with E-state index in [1.54, 1.807) is 6.92 Å². The van der Waals surface area contributed by atoms with Crippen LogP contribution in [0.4, 0.5) is 0 Å². The number of hydrogen-bond acceptors (Lipinski definition) is 3. The minimum Gasteiger partial charge on any atom is -0.364 e. The van der Waals surface area contributed by atoms with Crippen LogP contribution >= 0.6 is 0 Å². The maximum absolute atomic E-state index is 12.2. The molecule has 106 valence electrons. The average molecular weight is 273 g/mol. The smallest absolute Gasteiger partial charge is 0.257 e. The van der Waals surface area contributed by atoms with E-state index in [-0.39, 0.29) is 11.0 Å². The molecule has 0 saturated heterocycles. The first kappa shape index (κ1) is 14.3. The molecule has 5 heteroatoms. The maximum Gasteiger partial charge on any atom is 0.257 e. The topological polar surface area (TPSA) is 85.8 Å². The van der Waals surface area contributed by atoms with Crippen LogP contribution in [0.15, 0.2) is 17.1 Å². The van der Waals surface area contributed by atoms with Gasteiger partial charge in [-0.2, -0.15) is 5.26 Å². The van der Waals surface area contributed by atoms with Gasteiger partial charge in [-0.15, -0.1) is 0 Å². The number of H-pyrrole nitrogens is 1. The molecule has 1 fully saturated rings. The summed E-state index contributed by atoms with van der Waals surface area (Å²) >= 11 is 0. The lowest BCUT2D eigenvalue weighted by atomic mass is 9.91. The SMILES string of the molecule is Cc1cc(=O)c(C(=O)NC2(C#N)CCCCCC2)c[nH]1. The lowest BCUT2D eigenvalue weighted by molar-refractivity contribution is 0.0911. The molecular formula is C15H19N3O2. The monoisotopic (exact) mass is 273 g/mol. The number of nitrogens with one attached hydrogen (secondary N) is 2. The quantitative estimate of drug-likeness (QED) is 0.808. The Bertz CT molecular complexity index is 590. The molecule has 2 rings (SSSR count). The second-order valence-electron chi connectivity index (χ2n) is 5.46. The van der Waals surface area contributed by atoms with Crippen LogP contribution in [0.25, 0.3) is 0 Å². The molecule has 1 heterocycles. The minimum absolute atomic E-state index is 0.0643. The summed E-state index contributed by atoms with van der Waals surface area (Å²) in [7, 11) is 0. The van der Waals surface area contributed by atoms with Crippen molar-refractivity contribution in [3.05, 3.63) is 33.7 Å². The first-order chi connectivity index (χ1) is 9.56. The minimum atomic E-state index is -0.828. The summed E-state index contributed by atoms with van der Waals surface area (Å²) in [4.78, 5) is 26.9. The molecule has 0 bridgehead atoms. The van der Waals surface area contributed by atoms with Crippen molar-refractivity contribution in [2.24, 2.45) is 0 Å². The second-order valence-corrected chi connectivity index (χ2v) is 5.46. The third-order valence-corrected chi connectivity index (χ3v) is 3.83. The van der Waals surface area contributed by atoms with E-state index in [9.17, 15) is 14.9 Å². The molecular weight excluding hydrogens is 254 g/mol. The van der Waals surface area contributed by atoms with Crippen LogP contribution in [0, 0.1) is 18.3 Å². The third kappa shape index (κ3) is 3.08. The van der Waals surface area contributed by atoms with Crippen molar-refractivity contribution in [3.63, 3.8) is 0 Å². The van der Waals surface area contributed by atoms with E-state index in [1.165, 1.54) is 12.3 Å². The van der Waals surface area contributed by atoms with Crippen molar-refractivity contribution < 1.29 is 4.79 Å². The van der Waals surface area contributed by atoms with E-state index in [4.69, 9.17) is 0 Å². The highest BCUT2D eigenvalue weighted by Gasteiger charge is 2.33. The van der Waals surface area contributed by atoms with Gasteiger partial charge in [0.2, 0.25) is 0 Å². The van der Waals surface area contributed by atoms with Gasteiger partial charge in [-0.1, -0.05) is 25.7 Å². The zero-order valence-electron chi connectivity index (χ0n) is 11.7. The maximum atomic E-state index is 12.2. The molecule has 1 saturated carbocycles. The van der Waals surface area contributed by atoms with Gasteiger partial charge in [0.15, 0.2) is 5.43 Å². The molecule has 1 amide bonds. The highest BCUT2D eigenvalue weighted by molar-refractivity contribution is 5.94. The van der Waals surface area contributed by atoms with Gasteiger partial charge in [0.1, 0.15) is 11.1 Å². The van der Waals surface area contributed by atoms with Gasteiger partial charge in [-0.25, -0.2) is 0 Å². The second kappa shape index (κ2) is 5.91. The number of nitriles is 1. The molecule has 0 spiro atoms. The van der Waals surface area contributed by atoms with E-state index < -0.39 is 11.4 Å². The first-order valence-corrected chi connectivity index (χ1v) is 6.99. The standard InChI is InChI=1S/C15H19N3O2/c1-11-8-13(19)12(9-17-11)14(20)18-15(10-16)6-4-2-3-5-7-15/h8-9H,2-7H2,1H3,(H,17,19)(H,18,20). The Labute approximate surface area is 118 Å². The van der Waals surface area contributed by atoms with E-state index in [2.05, 4.69) is 16.4 Å². The Morgan fingerprint density at radius 1 is 1.35 bits per heavy atom. The van der Waals surface area contributed by atoms with Gasteiger partial charge in [0.05, 0.1) is 6.07 Å². The van der Waals surface area contributed by atoms with Gasteiger partial charge >= 0.3 is 0 Å². The van der Waals surface area contributed by atoms with Gasteiger partial charge in [-0.05, 0) is 19.8 Å². The number of aromatic nitrogens is 1. The number of hydrogen-bond donors (Lipinski definition) is 2. The third-order valence-electron chi connectivity index (χ3n) is 3.83. The summed E-state index contributed by atoms with van der Waals surface area (Å²) in [5, 5.41) is 12.2. The molecule has 0 unspecified atom stereocenters. The first-order valence-electron chi connectivity index (χ1n) is 6.99. The Morgan fingerprint density at radius 3 is 2.55 bits per heavy atom. The number of carbonyl (C=O) groups excluding carboxylic acids is 1. The number of aryl methyl sites for hydroxylation is 1. The largest absolute Gasteiger partial charge is 0.364 e. The van der Waals surface area contributed by atoms with Crippen LogP contribution in [0.1, 0.15) is 54.6 Å². The summed E-state index contributed by atoms with van der Waals surface area (Å²) in [6, 6.07) is 3.63. The molecule has 0 radical (unpaired) electrons. The number of nitrogens with zero attached hydrogens (tertiary/aromatic N) is 1. The van der Waals surface area contributed by atoms with E-state index in [0.717, 1.165) is 25.7 Å². The Morgan fingerprint density at radius 2 is 2.00 bits per heavy atom. The molecule has 0 atom stereocenters. The number of aromatic amines is 1. The van der Waals surface area contributed by atoms with Crippen molar-refractivity contribution in [2.45, 2.75) is 51.0 Å². The normalized spacial score (nSPS) is 17.8. The van der Waals surface area contributed by atoms with Gasteiger partial charge < -0.3 is 10.3 Å². The molecule has 1 aliphatic carbocycles. The predicted octanol–water partition coefficient (Wildman–Crippen LogP) is 2.03. The zero-order valence-corrected chi connectivity index (χ0v) is 11.7. The summed E-state index contributed by atoms with van der Waals surface area (Å²) in [5.41, 5.74) is -0.379. The summed E-state index contributed by atoms with van der Waals surface area (Å²) < 4.78 is 0. The Kier molecular flexibility index (Phi) is 4.23. The molecule has 5 nitrogen and oxygen atoms in total. The lowest BCUT2D eigenvalue weighted by Crippen LogP contribution is -2.48. The van der Waals surface area contributed by atoms with Crippen LogP contribution in [0.3, 0.4) is 0 Å². The number of pyridine rings is 1. The number of amides is 1. The van der Waals surface area contributed by atoms with Gasteiger partial charge in [0.25, 0.3) is 5.91 Å². The van der Waals surface area contributed by atoms with Crippen LogP contribution in [0.5, 0.6) is 0 Å². The number of rotatable bonds is 2. The van der Waals surface area contributed by atoms with Crippen LogP contribution < -0.4 is 10.7 Å². The fourth-order valence-electron chi connectivity index (χ4n) is 2.63. The number of carbonyl (C=O) groups is 1. The van der Waals surface area contributed by atoms with Crippen LogP contribution in [-0.2, 0) is 0 Å². The Balaban J connectivity index is 2.21. The molecule has 0 aliphatic heterocycles. The fraction of sp³-hybridized carbons (Fsp3) is 0.533. The highest BCUT2D eigenvalue weighted by Crippen LogP contribution is 2.26. The lowest BCUT2D eigenvalue weighted by Gasteiger charge is -2.26. The van der Waals surface area contributed by atoms with Crippen molar-refractivity contribution in [3.8, 4) is 6.07 Å². The van der Waals surface area contributed by atoms with Crippen molar-refractivity contribution >= 4 is 5.91 Å². The predicted molar refractivity (Wildman–Crippen MR) is 75.3 cm³/mol. The van der Waals surface area contributed by atoms with E-state index >= 15 is 0 Å². The van der Waals surface area contributed by atoms with E-state index in [0.29, 0.717) is 18.5 Å². The molecule has 1 aromatic rings. The molecule has 1 aromatic heterocycles. The average Bonchev–Trinajstić information content (AvgIpc) is 2.64. The zero-order chi connectivity index (χ0) is 14.6. The van der Waals surface area contributed by atoms with Gasteiger partial charge in [-0.3, -0.25) is 9.59 Å². The summed E-state index contributed by atoms with van der Waals surface area (Å²) in [5.74, 6) is -0.463. The van der Waals surface area contributed by atoms with Crippen molar-refractivity contribution in [2.75, 3.05) is 0 Å². The van der Waals surface area contributed by atoms with Crippen molar-refractivity contribution in [1.29, 1.82) is 5.26 Å². The molecule has 0 aromatic carbocycles. The van der Waals surface area contributed by atoms with Crippen molar-refractivity contribution in [1.82, 2.24) is 10.3 Å². The van der Waals surface area contributed by atoms with Gasteiger partial charge in [0, 0.05) is 18.0 Å². The summed E-state index contributed by atoms with van der Waals surface area (Å²) in [6.07, 6.45) is 6.75. The van der Waals surface area contributed by atoms with E-state index in [1.807, 2.05) is 0 Å². The van der Waals surface area contributed by atoms with Crippen LogP contribution in [-0.4, -0.2) is 16.4 Å². The molecule has 2 N–H and O–H groups in total. The Hall–Kier alpha value is -2.09. The molecule has 1 aliphatic rings. The molecule has 20 heavy (non-hydrogen) atoms. The fourth-order valence-corrected chi connectivity index (χ4v) is 2.63. The van der Waals surface area contributed by atoms with Crippen LogP contribution in [0.2, 0.25) is 0 Å². The summed E-state index contributed by atoms with van der Waals surface area (Å²) in [6.45, 7) is 1.76. The highest BCUT2D eigenvalue weighted by atomic mass is 16.2.